The number of carbonyl (C=O) groups excluding carboxylic acids is 3. The third-order valence-corrected chi connectivity index (χ3v) is 7.10. The highest BCUT2D eigenvalue weighted by Crippen LogP contribution is 2.37. The largest absolute Gasteiger partial charge is 0.390 e. The molecule has 202 valence electrons. The van der Waals surface area contributed by atoms with E-state index >= 15 is 0 Å². The van der Waals surface area contributed by atoms with E-state index in [0.29, 0.717) is 60.8 Å². The maximum atomic E-state index is 14.6. The first kappa shape index (κ1) is 26.0. The Hall–Kier alpha value is -3.58. The van der Waals surface area contributed by atoms with E-state index < -0.39 is 30.3 Å². The molecule has 1 aromatic heterocycles. The number of aliphatic hydroxyl groups is 2. The number of carbonyl (C=O) groups is 3. The summed E-state index contributed by atoms with van der Waals surface area (Å²) in [6.07, 6.45) is 1.48. The van der Waals surface area contributed by atoms with Crippen LogP contribution < -0.4 is 10.6 Å². The first-order valence-corrected chi connectivity index (χ1v) is 12.5. The van der Waals surface area contributed by atoms with Gasteiger partial charge < -0.3 is 35.5 Å². The van der Waals surface area contributed by atoms with Gasteiger partial charge in [-0.3, -0.25) is 19.3 Å². The molecule has 0 aliphatic carbocycles. The molecule has 1 atom stereocenters. The lowest BCUT2D eigenvalue weighted by molar-refractivity contribution is -0.118. The van der Waals surface area contributed by atoms with Gasteiger partial charge in [-0.25, -0.2) is 4.39 Å². The maximum Gasteiger partial charge on any atom is 0.256 e. The highest BCUT2D eigenvalue weighted by atomic mass is 19.1. The molecule has 0 spiro atoms. The summed E-state index contributed by atoms with van der Waals surface area (Å²) in [5, 5.41) is 24.4. The van der Waals surface area contributed by atoms with E-state index in [1.807, 2.05) is 0 Å². The molecule has 0 bridgehead atoms. The normalized spacial score (nSPS) is 19.4. The molecule has 1 fully saturated rings. The van der Waals surface area contributed by atoms with Crippen LogP contribution in [0.25, 0.3) is 11.6 Å². The Labute approximate surface area is 218 Å². The molecule has 5 rings (SSSR count). The van der Waals surface area contributed by atoms with Gasteiger partial charge in [-0.1, -0.05) is 0 Å². The Balaban J connectivity index is 1.35. The van der Waals surface area contributed by atoms with Gasteiger partial charge in [0.2, 0.25) is 5.91 Å². The minimum Gasteiger partial charge on any atom is -0.390 e. The first-order valence-electron chi connectivity index (χ1n) is 12.5. The van der Waals surface area contributed by atoms with Crippen molar-refractivity contribution in [1.29, 1.82) is 0 Å². The van der Waals surface area contributed by atoms with Crippen molar-refractivity contribution in [2.75, 3.05) is 63.2 Å². The third-order valence-electron chi connectivity index (χ3n) is 7.10. The van der Waals surface area contributed by atoms with Crippen molar-refractivity contribution >= 4 is 40.7 Å². The number of nitrogens with one attached hydrogen (secondary N) is 3. The fourth-order valence-corrected chi connectivity index (χ4v) is 5.16. The minimum atomic E-state index is -0.798. The number of ether oxygens (including phenoxy) is 1. The van der Waals surface area contributed by atoms with E-state index in [1.165, 1.54) is 6.07 Å². The number of hydrogen-bond acceptors (Lipinski definition) is 7. The van der Waals surface area contributed by atoms with Gasteiger partial charge in [-0.05, 0) is 30.7 Å². The lowest BCUT2D eigenvalue weighted by Crippen LogP contribution is -2.47. The summed E-state index contributed by atoms with van der Waals surface area (Å²) in [4.78, 5) is 44.5. The zero-order valence-corrected chi connectivity index (χ0v) is 21.0. The molecule has 0 radical (unpaired) electrons. The van der Waals surface area contributed by atoms with E-state index in [9.17, 15) is 23.9 Å². The molecule has 11 nitrogen and oxygen atoms in total. The monoisotopic (exact) mass is 527 g/mol. The molecule has 4 heterocycles. The molecule has 0 unspecified atom stereocenters. The van der Waals surface area contributed by atoms with Crippen LogP contribution in [0.4, 0.5) is 15.8 Å². The molecule has 12 heteroatoms. The van der Waals surface area contributed by atoms with Crippen LogP contribution in [-0.4, -0.2) is 101 Å². The maximum absolute atomic E-state index is 14.6. The number of rotatable bonds is 7. The lowest BCUT2D eigenvalue weighted by atomic mass is 10.0. The summed E-state index contributed by atoms with van der Waals surface area (Å²) < 4.78 is 20.0. The molecule has 3 amide bonds. The number of nitrogens with zero attached hydrogens (tertiary/aromatic N) is 2. The molecule has 0 saturated carbocycles. The Bertz CT molecular complexity index is 1320. The SMILES string of the molecule is Cc1c(/C=C2\C(=O)Nc3cc(NC(=O)CO)c(F)cc32)[nH]c2c1C(=O)N(C[C@@H](O)CN1CCOCC1)CC2. The van der Waals surface area contributed by atoms with Gasteiger partial charge in [0.15, 0.2) is 0 Å². The summed E-state index contributed by atoms with van der Waals surface area (Å²) in [5.41, 5.74) is 3.21. The summed E-state index contributed by atoms with van der Waals surface area (Å²) in [5.74, 6) is -2.16. The molecule has 1 aromatic carbocycles. The van der Waals surface area contributed by atoms with E-state index in [2.05, 4.69) is 20.5 Å². The molecular formula is C26H30FN5O6. The number of aromatic amines is 1. The smallest absolute Gasteiger partial charge is 0.256 e. The van der Waals surface area contributed by atoms with Crippen molar-refractivity contribution in [3.05, 3.63) is 46.0 Å². The number of H-pyrrole nitrogens is 1. The van der Waals surface area contributed by atoms with Gasteiger partial charge >= 0.3 is 0 Å². The van der Waals surface area contributed by atoms with Crippen molar-refractivity contribution in [2.24, 2.45) is 0 Å². The Kier molecular flexibility index (Phi) is 7.30. The van der Waals surface area contributed by atoms with Crippen LogP contribution in [-0.2, 0) is 20.7 Å². The second-order valence-corrected chi connectivity index (χ2v) is 9.68. The van der Waals surface area contributed by atoms with E-state index in [1.54, 1.807) is 17.9 Å². The number of β-amino-alcohol motifs (C(OH)–C–C–N with tert-alkyl or cyclic N) is 1. The summed E-state index contributed by atoms with van der Waals surface area (Å²) in [6, 6.07) is 2.44. The molecule has 2 aromatic rings. The standard InChI is InChI=1S/C26H30FN5O6/c1-14-20(9-17-16-8-18(27)22(29-23(35)13-33)10-21(16)30-25(17)36)28-19-2-3-32(26(37)24(14)19)12-15(34)11-31-4-6-38-7-5-31/h8-10,15,28,33-34H,2-7,11-13H2,1H3,(H,29,35)(H,30,36)/b17-9-/t15-/m0/s1. The van der Waals surface area contributed by atoms with E-state index in [-0.39, 0.29) is 23.7 Å². The van der Waals surface area contributed by atoms with Crippen molar-refractivity contribution < 1.29 is 33.7 Å². The number of aliphatic hydroxyl groups excluding tert-OH is 2. The second kappa shape index (κ2) is 10.7. The van der Waals surface area contributed by atoms with Crippen LogP contribution in [0.2, 0.25) is 0 Å². The van der Waals surface area contributed by atoms with Gasteiger partial charge in [0, 0.05) is 56.1 Å². The van der Waals surface area contributed by atoms with Crippen LogP contribution in [0.3, 0.4) is 0 Å². The number of halogens is 1. The Morgan fingerprint density at radius 3 is 2.74 bits per heavy atom. The number of benzene rings is 1. The molecule has 38 heavy (non-hydrogen) atoms. The number of amides is 3. The number of aromatic nitrogens is 1. The van der Waals surface area contributed by atoms with E-state index in [4.69, 9.17) is 9.84 Å². The van der Waals surface area contributed by atoms with Crippen LogP contribution in [0.1, 0.15) is 32.9 Å². The summed E-state index contributed by atoms with van der Waals surface area (Å²) >= 11 is 0. The molecule has 5 N–H and O–H groups in total. The number of hydrogen-bond donors (Lipinski definition) is 5. The van der Waals surface area contributed by atoms with Crippen molar-refractivity contribution in [2.45, 2.75) is 19.4 Å². The minimum absolute atomic E-state index is 0.155. The average molecular weight is 528 g/mol. The topological polar surface area (TPSA) is 147 Å². The van der Waals surface area contributed by atoms with Gasteiger partial charge in [-0.2, -0.15) is 0 Å². The number of fused-ring (bicyclic) bond motifs is 2. The fourth-order valence-electron chi connectivity index (χ4n) is 5.16. The third kappa shape index (κ3) is 5.07. The van der Waals surface area contributed by atoms with Gasteiger partial charge in [0.25, 0.3) is 11.8 Å². The second-order valence-electron chi connectivity index (χ2n) is 9.68. The van der Waals surface area contributed by atoms with Crippen molar-refractivity contribution in [1.82, 2.24) is 14.8 Å². The van der Waals surface area contributed by atoms with Crippen LogP contribution in [0.5, 0.6) is 0 Å². The Morgan fingerprint density at radius 1 is 1.24 bits per heavy atom. The van der Waals surface area contributed by atoms with Gasteiger partial charge in [0.05, 0.1) is 41.8 Å². The van der Waals surface area contributed by atoms with Gasteiger partial charge in [0.1, 0.15) is 12.4 Å². The fraction of sp³-hybridized carbons (Fsp3) is 0.423. The van der Waals surface area contributed by atoms with E-state index in [0.717, 1.165) is 24.8 Å². The predicted octanol–water partition coefficient (Wildman–Crippen LogP) is 0.577. The summed E-state index contributed by atoms with van der Waals surface area (Å²) in [6.45, 7) is 4.92. The molecular weight excluding hydrogens is 497 g/mol. The zero-order valence-electron chi connectivity index (χ0n) is 21.0. The number of anilines is 2. The molecule has 3 aliphatic rings. The summed E-state index contributed by atoms with van der Waals surface area (Å²) in [7, 11) is 0. The lowest BCUT2D eigenvalue weighted by Gasteiger charge is -2.32. The van der Waals surface area contributed by atoms with Gasteiger partial charge in [-0.15, -0.1) is 0 Å². The Morgan fingerprint density at radius 2 is 2.00 bits per heavy atom. The van der Waals surface area contributed by atoms with Crippen molar-refractivity contribution in [3.8, 4) is 0 Å². The number of morpholine rings is 1. The first-order chi connectivity index (χ1) is 18.2. The zero-order chi connectivity index (χ0) is 27.0. The highest BCUT2D eigenvalue weighted by Gasteiger charge is 2.32. The quantitative estimate of drug-likeness (QED) is 0.331. The van der Waals surface area contributed by atoms with Crippen molar-refractivity contribution in [3.63, 3.8) is 0 Å². The van der Waals surface area contributed by atoms with Crippen LogP contribution in [0.15, 0.2) is 12.1 Å². The van der Waals surface area contributed by atoms with Crippen LogP contribution in [0, 0.1) is 12.7 Å². The average Bonchev–Trinajstić information content (AvgIpc) is 3.37. The molecule has 1 saturated heterocycles. The van der Waals surface area contributed by atoms with Crippen LogP contribution >= 0.6 is 0 Å². The predicted molar refractivity (Wildman–Crippen MR) is 137 cm³/mol. The highest BCUT2D eigenvalue weighted by molar-refractivity contribution is 6.35. The molecule has 3 aliphatic heterocycles.